The Kier molecular flexibility index (Phi) is 5.10. The molecule has 0 radical (unpaired) electrons. The molecule has 0 saturated carbocycles. The summed E-state index contributed by atoms with van der Waals surface area (Å²) >= 11 is 0. The van der Waals surface area contributed by atoms with Crippen LogP contribution < -0.4 is 9.86 Å². The van der Waals surface area contributed by atoms with E-state index in [1.54, 1.807) is 13.0 Å². The smallest absolute Gasteiger partial charge is 0.249 e. The third-order valence-electron chi connectivity index (χ3n) is 2.47. The number of nitrogens with two attached hydrogens (primary N) is 1. The van der Waals surface area contributed by atoms with E-state index in [4.69, 9.17) is 10.4 Å². The molecule has 0 aliphatic carbocycles. The van der Waals surface area contributed by atoms with Crippen molar-refractivity contribution in [2.75, 3.05) is 4.72 Å². The average molecular weight is 317 g/mol. The summed E-state index contributed by atoms with van der Waals surface area (Å²) in [4.78, 5) is 0. The maximum atomic E-state index is 11.8. The highest BCUT2D eigenvalue weighted by atomic mass is 32.2. The zero-order valence-electron chi connectivity index (χ0n) is 10.8. The topological polar surface area (TPSA) is 130 Å². The number of benzene rings is 1. The van der Waals surface area contributed by atoms with Crippen molar-refractivity contribution in [3.63, 3.8) is 0 Å². The van der Waals surface area contributed by atoms with Gasteiger partial charge in [0.1, 0.15) is 0 Å². The van der Waals surface area contributed by atoms with Crippen LogP contribution in [-0.2, 0) is 25.8 Å². The van der Waals surface area contributed by atoms with Crippen LogP contribution in [0.3, 0.4) is 0 Å². The molecule has 1 unspecified atom stereocenters. The number of primary sulfonamides is 1. The molecule has 9 heteroatoms. The van der Waals surface area contributed by atoms with Crippen molar-refractivity contribution in [1.29, 1.82) is 5.26 Å². The zero-order valence-corrected chi connectivity index (χ0v) is 12.4. The summed E-state index contributed by atoms with van der Waals surface area (Å²) in [6, 6.07) is 7.45. The van der Waals surface area contributed by atoms with Gasteiger partial charge < -0.3 is 0 Å². The highest BCUT2D eigenvalue weighted by Crippen LogP contribution is 2.15. The summed E-state index contributed by atoms with van der Waals surface area (Å²) in [5.74, 6) is -0.324. The van der Waals surface area contributed by atoms with Crippen molar-refractivity contribution in [3.8, 4) is 6.07 Å². The molecule has 0 saturated heterocycles. The van der Waals surface area contributed by atoms with E-state index >= 15 is 0 Å². The fraction of sp³-hybridized carbons (Fsp3) is 0.364. The monoisotopic (exact) mass is 317 g/mol. The quantitative estimate of drug-likeness (QED) is 0.789. The molecule has 0 aliphatic heterocycles. The largest absolute Gasteiger partial charge is 0.282 e. The molecule has 0 bridgehead atoms. The van der Waals surface area contributed by atoms with Gasteiger partial charge in [0.25, 0.3) is 0 Å². The van der Waals surface area contributed by atoms with Gasteiger partial charge in [-0.05, 0) is 24.1 Å². The first kappa shape index (κ1) is 16.4. The number of rotatable bonds is 6. The van der Waals surface area contributed by atoms with Gasteiger partial charge in [0, 0.05) is 5.69 Å². The fourth-order valence-corrected chi connectivity index (χ4v) is 3.36. The average Bonchev–Trinajstić information content (AvgIpc) is 2.30. The second-order valence-corrected chi connectivity index (χ2v) is 7.65. The van der Waals surface area contributed by atoms with Gasteiger partial charge in [-0.25, -0.2) is 22.0 Å². The van der Waals surface area contributed by atoms with Crippen molar-refractivity contribution >= 4 is 25.7 Å². The number of anilines is 1. The van der Waals surface area contributed by atoms with Gasteiger partial charge in [0.2, 0.25) is 20.0 Å². The van der Waals surface area contributed by atoms with E-state index in [1.165, 1.54) is 24.3 Å². The standard InChI is InChI=1S/C11H15N3O4S2/c1-2-11(7-12)20(17,18)14-10-5-3-9(4-6-10)8-19(13,15)16/h3-6,11,14H,2,8H2,1H3,(H2,13,15,16). The first-order valence-electron chi connectivity index (χ1n) is 5.68. The highest BCUT2D eigenvalue weighted by molar-refractivity contribution is 7.93. The molecule has 0 amide bonds. The van der Waals surface area contributed by atoms with E-state index in [-0.39, 0.29) is 17.9 Å². The number of nitriles is 1. The Hall–Kier alpha value is -1.63. The highest BCUT2D eigenvalue weighted by Gasteiger charge is 2.23. The molecule has 1 aromatic carbocycles. The van der Waals surface area contributed by atoms with Crippen LogP contribution in [0.5, 0.6) is 0 Å². The molecule has 0 aliphatic rings. The zero-order chi connectivity index (χ0) is 15.4. The van der Waals surface area contributed by atoms with E-state index in [1.807, 2.05) is 0 Å². The first-order chi connectivity index (χ1) is 9.18. The van der Waals surface area contributed by atoms with Gasteiger partial charge in [-0.15, -0.1) is 0 Å². The van der Waals surface area contributed by atoms with Gasteiger partial charge in [-0.2, -0.15) is 5.26 Å². The maximum Gasteiger partial charge on any atom is 0.249 e. The molecule has 0 fully saturated rings. The lowest BCUT2D eigenvalue weighted by atomic mass is 10.2. The summed E-state index contributed by atoms with van der Waals surface area (Å²) < 4.78 is 47.8. The predicted molar refractivity (Wildman–Crippen MR) is 75.5 cm³/mol. The van der Waals surface area contributed by atoms with Gasteiger partial charge in [-0.1, -0.05) is 19.1 Å². The van der Waals surface area contributed by atoms with E-state index < -0.39 is 25.3 Å². The third kappa shape index (κ3) is 4.80. The van der Waals surface area contributed by atoms with E-state index in [0.717, 1.165) is 0 Å². The Balaban J connectivity index is 2.89. The van der Waals surface area contributed by atoms with Gasteiger partial charge >= 0.3 is 0 Å². The lowest BCUT2D eigenvalue weighted by Crippen LogP contribution is -2.25. The normalized spacial score (nSPS) is 13.4. The van der Waals surface area contributed by atoms with Crippen LogP contribution in [0.4, 0.5) is 5.69 Å². The minimum Gasteiger partial charge on any atom is -0.282 e. The molecular weight excluding hydrogens is 302 g/mol. The Morgan fingerprint density at radius 1 is 1.25 bits per heavy atom. The molecule has 7 nitrogen and oxygen atoms in total. The van der Waals surface area contributed by atoms with Crippen LogP contribution in [-0.4, -0.2) is 22.1 Å². The lowest BCUT2D eigenvalue weighted by Gasteiger charge is -2.11. The Labute approximate surface area is 118 Å². The number of hydrogen-bond acceptors (Lipinski definition) is 5. The van der Waals surface area contributed by atoms with E-state index in [9.17, 15) is 16.8 Å². The number of sulfonamides is 2. The van der Waals surface area contributed by atoms with Crippen molar-refractivity contribution in [2.24, 2.45) is 5.14 Å². The molecule has 0 heterocycles. The Morgan fingerprint density at radius 3 is 2.20 bits per heavy atom. The lowest BCUT2D eigenvalue weighted by molar-refractivity contribution is 0.592. The Bertz CT molecular complexity index is 703. The van der Waals surface area contributed by atoms with Crippen molar-refractivity contribution in [3.05, 3.63) is 29.8 Å². The molecule has 0 aromatic heterocycles. The number of hydrogen-bond donors (Lipinski definition) is 2. The van der Waals surface area contributed by atoms with E-state index in [2.05, 4.69) is 4.72 Å². The first-order valence-corrected chi connectivity index (χ1v) is 8.95. The SMILES string of the molecule is CCC(C#N)S(=O)(=O)Nc1ccc(CS(N)(=O)=O)cc1. The minimum atomic E-state index is -3.78. The molecule has 0 spiro atoms. The van der Waals surface area contributed by atoms with Crippen LogP contribution in [0.2, 0.25) is 0 Å². The maximum absolute atomic E-state index is 11.8. The summed E-state index contributed by atoms with van der Waals surface area (Å²) in [7, 11) is -7.41. The summed E-state index contributed by atoms with van der Waals surface area (Å²) in [5.41, 5.74) is 0.708. The molecule has 3 N–H and O–H groups in total. The molecule has 1 atom stereocenters. The Morgan fingerprint density at radius 2 is 1.80 bits per heavy atom. The summed E-state index contributed by atoms with van der Waals surface area (Å²) in [5, 5.41) is 12.5. The molecular formula is C11H15N3O4S2. The van der Waals surface area contributed by atoms with Gasteiger partial charge in [0.15, 0.2) is 5.25 Å². The third-order valence-corrected chi connectivity index (χ3v) is 4.92. The van der Waals surface area contributed by atoms with Crippen molar-refractivity contribution in [1.82, 2.24) is 0 Å². The van der Waals surface area contributed by atoms with Crippen LogP contribution in [0.1, 0.15) is 18.9 Å². The molecule has 1 rings (SSSR count). The summed E-state index contributed by atoms with van der Waals surface area (Å²) in [6.45, 7) is 1.60. The van der Waals surface area contributed by atoms with Gasteiger partial charge in [-0.3, -0.25) is 4.72 Å². The molecule has 110 valence electrons. The van der Waals surface area contributed by atoms with E-state index in [0.29, 0.717) is 5.56 Å². The van der Waals surface area contributed by atoms with Crippen molar-refractivity contribution < 1.29 is 16.8 Å². The van der Waals surface area contributed by atoms with Crippen LogP contribution in [0, 0.1) is 11.3 Å². The van der Waals surface area contributed by atoms with Crippen molar-refractivity contribution in [2.45, 2.75) is 24.3 Å². The van der Waals surface area contributed by atoms with Crippen LogP contribution in [0.15, 0.2) is 24.3 Å². The van der Waals surface area contributed by atoms with Crippen LogP contribution in [0.25, 0.3) is 0 Å². The summed E-state index contributed by atoms with van der Waals surface area (Å²) in [6.07, 6.45) is 0.176. The molecule has 20 heavy (non-hydrogen) atoms. The van der Waals surface area contributed by atoms with Gasteiger partial charge in [0.05, 0.1) is 11.8 Å². The second kappa shape index (κ2) is 6.21. The predicted octanol–water partition coefficient (Wildman–Crippen LogP) is 0.519. The van der Waals surface area contributed by atoms with Crippen LogP contribution >= 0.6 is 0 Å². The minimum absolute atomic E-state index is 0.176. The number of nitrogens with one attached hydrogen (secondary N) is 1. The number of nitrogens with zero attached hydrogens (tertiary/aromatic N) is 1. The molecule has 1 aromatic rings. The fourth-order valence-electron chi connectivity index (χ4n) is 1.52. The second-order valence-electron chi connectivity index (χ2n) is 4.18.